The number of anilines is 2. The van der Waals surface area contributed by atoms with Gasteiger partial charge in [0.2, 0.25) is 0 Å². The van der Waals surface area contributed by atoms with Crippen LogP contribution in [0.3, 0.4) is 0 Å². The molecule has 5 heteroatoms. The summed E-state index contributed by atoms with van der Waals surface area (Å²) in [6.45, 7) is 1.99. The molecule has 24 heavy (non-hydrogen) atoms. The van der Waals surface area contributed by atoms with Gasteiger partial charge in [0, 0.05) is 25.8 Å². The van der Waals surface area contributed by atoms with Crippen LogP contribution in [-0.4, -0.2) is 33.3 Å². The molecule has 0 aromatic heterocycles. The molecule has 128 valence electrons. The van der Waals surface area contributed by atoms with Crippen LogP contribution >= 0.6 is 0 Å². The lowest BCUT2D eigenvalue weighted by atomic mass is 10.1. The van der Waals surface area contributed by atoms with Gasteiger partial charge in [-0.2, -0.15) is 0 Å². The molecule has 0 spiro atoms. The van der Waals surface area contributed by atoms with Crippen LogP contribution in [0.25, 0.3) is 0 Å². The van der Waals surface area contributed by atoms with E-state index < -0.39 is 0 Å². The largest absolute Gasteiger partial charge is 0.495 e. The van der Waals surface area contributed by atoms with E-state index in [4.69, 9.17) is 4.74 Å². The molecule has 0 bridgehead atoms. The maximum Gasteiger partial charge on any atom is 0.319 e. The zero-order chi connectivity index (χ0) is 17.5. The van der Waals surface area contributed by atoms with Crippen LogP contribution in [0.2, 0.25) is 0 Å². The molecular formula is C19H25N3O2. The molecule has 0 unspecified atom stereocenters. The van der Waals surface area contributed by atoms with E-state index >= 15 is 0 Å². The fourth-order valence-electron chi connectivity index (χ4n) is 2.46. The highest BCUT2D eigenvalue weighted by atomic mass is 16.5. The Labute approximate surface area is 143 Å². The third-order valence-electron chi connectivity index (χ3n) is 3.73. The summed E-state index contributed by atoms with van der Waals surface area (Å²) in [6.07, 6.45) is 0.771. The number of ether oxygens (including phenoxy) is 1. The van der Waals surface area contributed by atoms with E-state index in [0.29, 0.717) is 11.4 Å². The number of hydrogen-bond donors (Lipinski definition) is 2. The first-order chi connectivity index (χ1) is 11.5. The lowest BCUT2D eigenvalue weighted by Crippen LogP contribution is -2.37. The van der Waals surface area contributed by atoms with Gasteiger partial charge in [0.25, 0.3) is 0 Å². The van der Waals surface area contributed by atoms with E-state index in [9.17, 15) is 4.79 Å². The van der Waals surface area contributed by atoms with Gasteiger partial charge in [-0.05, 0) is 43.2 Å². The molecule has 2 rings (SSSR count). The minimum Gasteiger partial charge on any atom is -0.495 e. The summed E-state index contributed by atoms with van der Waals surface area (Å²) in [5, 5.41) is 5.77. The number of urea groups is 1. The molecule has 0 heterocycles. The van der Waals surface area contributed by atoms with Crippen LogP contribution in [0.1, 0.15) is 12.5 Å². The minimum absolute atomic E-state index is 0.0184. The maximum atomic E-state index is 12.1. The Kier molecular flexibility index (Phi) is 6.07. The van der Waals surface area contributed by atoms with Crippen LogP contribution in [-0.2, 0) is 6.42 Å². The molecule has 5 nitrogen and oxygen atoms in total. The summed E-state index contributed by atoms with van der Waals surface area (Å²) < 4.78 is 5.23. The van der Waals surface area contributed by atoms with Crippen molar-refractivity contribution < 1.29 is 9.53 Å². The molecule has 0 saturated carbocycles. The standard InChI is InChI=1S/C19H25N3O2/c1-14(13-15-9-11-16(12-10-15)22(2)3)20-19(23)21-17-7-5-6-8-18(17)24-4/h5-12,14H,13H2,1-4H3,(H2,20,21,23)/t14-/m1/s1. The zero-order valence-electron chi connectivity index (χ0n) is 14.7. The first-order valence-electron chi connectivity index (χ1n) is 7.96. The summed E-state index contributed by atoms with van der Waals surface area (Å²) in [5.74, 6) is 0.638. The molecule has 0 radical (unpaired) electrons. The van der Waals surface area contributed by atoms with Crippen LogP contribution in [0.5, 0.6) is 5.75 Å². The lowest BCUT2D eigenvalue weighted by Gasteiger charge is -2.17. The Balaban J connectivity index is 1.89. The molecule has 2 aromatic rings. The Morgan fingerprint density at radius 2 is 1.79 bits per heavy atom. The number of nitrogens with one attached hydrogen (secondary N) is 2. The molecule has 0 aliphatic rings. The Morgan fingerprint density at radius 3 is 2.42 bits per heavy atom. The van der Waals surface area contributed by atoms with Gasteiger partial charge < -0.3 is 20.3 Å². The van der Waals surface area contributed by atoms with Crippen LogP contribution in [0, 0.1) is 0 Å². The predicted octanol–water partition coefficient (Wildman–Crippen LogP) is 3.51. The molecule has 0 saturated heterocycles. The van der Waals surface area contributed by atoms with E-state index in [-0.39, 0.29) is 12.1 Å². The van der Waals surface area contributed by atoms with E-state index in [1.165, 1.54) is 5.56 Å². The molecule has 2 amide bonds. The fourth-order valence-corrected chi connectivity index (χ4v) is 2.46. The average Bonchev–Trinajstić information content (AvgIpc) is 2.55. The van der Waals surface area contributed by atoms with Gasteiger partial charge in [0.05, 0.1) is 12.8 Å². The van der Waals surface area contributed by atoms with Gasteiger partial charge in [-0.25, -0.2) is 4.79 Å². The second kappa shape index (κ2) is 8.24. The van der Waals surface area contributed by atoms with Crippen molar-refractivity contribution in [2.75, 3.05) is 31.4 Å². The van der Waals surface area contributed by atoms with Crippen LogP contribution in [0.15, 0.2) is 48.5 Å². The Bertz CT molecular complexity index is 669. The summed E-state index contributed by atoms with van der Waals surface area (Å²) in [4.78, 5) is 14.2. The molecule has 0 fully saturated rings. The summed E-state index contributed by atoms with van der Waals surface area (Å²) in [6, 6.07) is 15.5. The summed E-state index contributed by atoms with van der Waals surface area (Å²) in [7, 11) is 5.61. The third-order valence-corrected chi connectivity index (χ3v) is 3.73. The zero-order valence-corrected chi connectivity index (χ0v) is 14.7. The van der Waals surface area contributed by atoms with Crippen molar-refractivity contribution in [2.24, 2.45) is 0 Å². The van der Waals surface area contributed by atoms with Gasteiger partial charge in [0.15, 0.2) is 0 Å². The molecular weight excluding hydrogens is 302 g/mol. The van der Waals surface area contributed by atoms with Gasteiger partial charge in [-0.1, -0.05) is 24.3 Å². The third kappa shape index (κ3) is 4.91. The highest BCUT2D eigenvalue weighted by Gasteiger charge is 2.10. The number of benzene rings is 2. The molecule has 0 aliphatic carbocycles. The monoisotopic (exact) mass is 327 g/mol. The average molecular weight is 327 g/mol. The molecule has 2 N–H and O–H groups in total. The summed E-state index contributed by atoms with van der Waals surface area (Å²) >= 11 is 0. The Hall–Kier alpha value is -2.69. The van der Waals surface area contributed by atoms with E-state index in [0.717, 1.165) is 12.1 Å². The van der Waals surface area contributed by atoms with Crippen molar-refractivity contribution >= 4 is 17.4 Å². The van der Waals surface area contributed by atoms with Crippen molar-refractivity contribution in [1.82, 2.24) is 5.32 Å². The predicted molar refractivity (Wildman–Crippen MR) is 99.1 cm³/mol. The summed E-state index contributed by atoms with van der Waals surface area (Å²) in [5.41, 5.74) is 3.00. The number of carbonyl (C=O) groups is 1. The quantitative estimate of drug-likeness (QED) is 0.853. The minimum atomic E-state index is -0.239. The highest BCUT2D eigenvalue weighted by molar-refractivity contribution is 5.91. The second-order valence-electron chi connectivity index (χ2n) is 5.96. The van der Waals surface area contributed by atoms with E-state index in [1.54, 1.807) is 7.11 Å². The number of hydrogen-bond acceptors (Lipinski definition) is 3. The topological polar surface area (TPSA) is 53.6 Å². The van der Waals surface area contributed by atoms with Crippen LogP contribution < -0.4 is 20.3 Å². The first-order valence-corrected chi connectivity index (χ1v) is 7.96. The first kappa shape index (κ1) is 17.7. The van der Waals surface area contributed by atoms with Crippen molar-refractivity contribution in [2.45, 2.75) is 19.4 Å². The van der Waals surface area contributed by atoms with E-state index in [1.807, 2.05) is 45.3 Å². The highest BCUT2D eigenvalue weighted by Crippen LogP contribution is 2.22. The number of nitrogens with zero attached hydrogens (tertiary/aromatic N) is 1. The van der Waals surface area contributed by atoms with Crippen LogP contribution in [0.4, 0.5) is 16.2 Å². The Morgan fingerprint density at radius 1 is 1.12 bits per heavy atom. The van der Waals surface area contributed by atoms with Crippen molar-refractivity contribution in [3.8, 4) is 5.75 Å². The number of carbonyl (C=O) groups excluding carboxylic acids is 1. The van der Waals surface area contributed by atoms with Crippen molar-refractivity contribution in [3.05, 3.63) is 54.1 Å². The van der Waals surface area contributed by atoms with Crippen molar-refractivity contribution in [3.63, 3.8) is 0 Å². The fraction of sp³-hybridized carbons (Fsp3) is 0.316. The maximum absolute atomic E-state index is 12.1. The SMILES string of the molecule is COc1ccccc1NC(=O)N[C@H](C)Cc1ccc(N(C)C)cc1. The molecule has 1 atom stereocenters. The van der Waals surface area contributed by atoms with Crippen molar-refractivity contribution in [1.29, 1.82) is 0 Å². The van der Waals surface area contributed by atoms with Gasteiger partial charge in [-0.3, -0.25) is 0 Å². The number of amides is 2. The second-order valence-corrected chi connectivity index (χ2v) is 5.96. The van der Waals surface area contributed by atoms with Gasteiger partial charge in [-0.15, -0.1) is 0 Å². The molecule has 0 aliphatic heterocycles. The lowest BCUT2D eigenvalue weighted by molar-refractivity contribution is 0.249. The normalized spacial score (nSPS) is 11.5. The smallest absolute Gasteiger partial charge is 0.319 e. The van der Waals surface area contributed by atoms with Gasteiger partial charge >= 0.3 is 6.03 Å². The molecule has 2 aromatic carbocycles. The van der Waals surface area contributed by atoms with E-state index in [2.05, 4.69) is 39.8 Å². The number of methoxy groups -OCH3 is 1. The number of para-hydroxylation sites is 2. The number of rotatable bonds is 6. The van der Waals surface area contributed by atoms with Gasteiger partial charge in [0.1, 0.15) is 5.75 Å².